The number of carbonyl (C=O) groups is 2. The second kappa shape index (κ2) is 9.71. The Morgan fingerprint density at radius 3 is 2.35 bits per heavy atom. The van der Waals surface area contributed by atoms with Crippen LogP contribution in [0.1, 0.15) is 69.6 Å². The number of nitrogens with one attached hydrogen (secondary N) is 1. The predicted octanol–water partition coefficient (Wildman–Crippen LogP) is 6.28. The third kappa shape index (κ3) is 4.56. The first-order valence-electron chi connectivity index (χ1n) is 12.4. The van der Waals surface area contributed by atoms with Gasteiger partial charge in [0.25, 0.3) is 0 Å². The highest BCUT2D eigenvalue weighted by Crippen LogP contribution is 2.42. The maximum atomic E-state index is 13.7. The molecule has 37 heavy (non-hydrogen) atoms. The van der Waals surface area contributed by atoms with E-state index >= 15 is 0 Å². The minimum atomic E-state index is -1.37. The summed E-state index contributed by atoms with van der Waals surface area (Å²) >= 11 is 0. The van der Waals surface area contributed by atoms with Crippen LogP contribution < -0.4 is 10.5 Å². The van der Waals surface area contributed by atoms with Crippen molar-refractivity contribution in [1.29, 1.82) is 0 Å². The Morgan fingerprint density at radius 1 is 1.03 bits per heavy atom. The van der Waals surface area contributed by atoms with E-state index in [-0.39, 0.29) is 11.3 Å². The summed E-state index contributed by atoms with van der Waals surface area (Å²) < 4.78 is 5.22. The maximum Gasteiger partial charge on any atom is 0.335 e. The number of aromatic amines is 1. The van der Waals surface area contributed by atoms with Gasteiger partial charge in [-0.05, 0) is 79.6 Å². The number of carboxylic acid groups (broad SMARTS) is 1. The molecule has 1 aliphatic carbocycles. The lowest BCUT2D eigenvalue weighted by molar-refractivity contribution is 0.0696. The van der Waals surface area contributed by atoms with Crippen molar-refractivity contribution in [3.8, 4) is 5.75 Å². The van der Waals surface area contributed by atoms with Gasteiger partial charge in [-0.2, -0.15) is 0 Å². The minimum Gasteiger partial charge on any atom is -0.497 e. The summed E-state index contributed by atoms with van der Waals surface area (Å²) in [5.41, 5.74) is 10.7. The largest absolute Gasteiger partial charge is 0.497 e. The highest BCUT2D eigenvalue weighted by Gasteiger charge is 2.37. The summed E-state index contributed by atoms with van der Waals surface area (Å²) in [4.78, 5) is 28.7. The van der Waals surface area contributed by atoms with E-state index in [1.165, 1.54) is 5.56 Å². The number of hydrogen-bond donors (Lipinski definition) is 3. The number of ether oxygens (including phenoxy) is 1. The van der Waals surface area contributed by atoms with Gasteiger partial charge in [0, 0.05) is 22.0 Å². The number of benzene rings is 3. The van der Waals surface area contributed by atoms with Crippen LogP contribution in [-0.4, -0.2) is 29.0 Å². The summed E-state index contributed by atoms with van der Waals surface area (Å²) in [7, 11) is 1.58. The van der Waals surface area contributed by atoms with Gasteiger partial charge < -0.3 is 20.6 Å². The summed E-state index contributed by atoms with van der Waals surface area (Å²) in [6.07, 6.45) is 4.93. The number of nitrogens with two attached hydrogens (primary N) is 1. The molecule has 6 heteroatoms. The highest BCUT2D eigenvalue weighted by atomic mass is 16.5. The molecule has 0 aliphatic heterocycles. The molecule has 3 aromatic carbocycles. The summed E-state index contributed by atoms with van der Waals surface area (Å²) in [6, 6.07) is 22.4. The van der Waals surface area contributed by atoms with E-state index in [0.717, 1.165) is 35.8 Å². The average molecular weight is 495 g/mol. The zero-order valence-corrected chi connectivity index (χ0v) is 21.0. The van der Waals surface area contributed by atoms with Crippen molar-refractivity contribution in [1.82, 2.24) is 4.98 Å². The molecule has 5 rings (SSSR count). The molecule has 1 aliphatic rings. The Hall–Kier alpha value is -4.16. The van der Waals surface area contributed by atoms with Gasteiger partial charge >= 0.3 is 5.97 Å². The van der Waals surface area contributed by atoms with Crippen LogP contribution in [-0.2, 0) is 5.54 Å². The van der Waals surface area contributed by atoms with Crippen molar-refractivity contribution in [2.24, 2.45) is 5.73 Å². The molecule has 2 unspecified atom stereocenters. The van der Waals surface area contributed by atoms with Crippen molar-refractivity contribution in [2.75, 3.05) is 7.11 Å². The Balaban J connectivity index is 1.60. The molecule has 0 amide bonds. The number of hydrogen-bond acceptors (Lipinski definition) is 4. The van der Waals surface area contributed by atoms with E-state index < -0.39 is 11.5 Å². The molecule has 0 bridgehead atoms. The monoisotopic (exact) mass is 494 g/mol. The van der Waals surface area contributed by atoms with E-state index in [0.29, 0.717) is 28.4 Å². The van der Waals surface area contributed by atoms with E-state index in [9.17, 15) is 14.7 Å². The molecule has 6 nitrogen and oxygen atoms in total. The Bertz CT molecular complexity index is 1500. The fraction of sp³-hybridized carbons (Fsp3) is 0.226. The van der Waals surface area contributed by atoms with Crippen molar-refractivity contribution < 1.29 is 19.4 Å². The van der Waals surface area contributed by atoms with E-state index in [1.54, 1.807) is 50.4 Å². The topological polar surface area (TPSA) is 105 Å². The Labute approximate surface area is 215 Å². The number of H-pyrrole nitrogens is 1. The molecular formula is C31H30N2O4. The highest BCUT2D eigenvalue weighted by molar-refractivity contribution is 6.06. The standard InChI is InChI=1S/C31H30N2O4/c1-31(32,29(34)22-12-15-24(37-2)16-13-22)28-27(25-17-14-23(30(35)36)18-26(25)33-28)21-10-8-20(9-11-21)19-6-4-3-5-7-19/h3-7,10,12-18,20,33H,8-9,11,32H2,1-2H3,(H,35,36). The van der Waals surface area contributed by atoms with Crippen LogP contribution in [0.2, 0.25) is 0 Å². The number of rotatable bonds is 7. The first-order valence-corrected chi connectivity index (χ1v) is 12.4. The number of methoxy groups -OCH3 is 1. The summed E-state index contributed by atoms with van der Waals surface area (Å²) in [6.45, 7) is 1.71. The van der Waals surface area contributed by atoms with E-state index in [1.807, 2.05) is 12.1 Å². The third-order valence-electron chi connectivity index (χ3n) is 7.39. The molecule has 0 saturated heterocycles. The zero-order chi connectivity index (χ0) is 26.2. The molecule has 188 valence electrons. The lowest BCUT2D eigenvalue weighted by Crippen LogP contribution is -2.43. The smallest absolute Gasteiger partial charge is 0.335 e. The van der Waals surface area contributed by atoms with Crippen LogP contribution in [0, 0.1) is 0 Å². The third-order valence-corrected chi connectivity index (χ3v) is 7.39. The van der Waals surface area contributed by atoms with Gasteiger partial charge in [0.15, 0.2) is 5.78 Å². The quantitative estimate of drug-likeness (QED) is 0.262. The van der Waals surface area contributed by atoms with Crippen LogP contribution in [0.4, 0.5) is 0 Å². The summed E-state index contributed by atoms with van der Waals surface area (Å²) in [5.74, 6) is -0.155. The molecule has 0 spiro atoms. The summed E-state index contributed by atoms with van der Waals surface area (Å²) in [5, 5.41) is 10.4. The molecule has 0 radical (unpaired) electrons. The Kier molecular flexibility index (Phi) is 6.44. The van der Waals surface area contributed by atoms with Crippen molar-refractivity contribution >= 4 is 28.2 Å². The molecule has 1 heterocycles. The van der Waals surface area contributed by atoms with Crippen LogP contribution in [0.25, 0.3) is 16.5 Å². The van der Waals surface area contributed by atoms with Crippen molar-refractivity contribution in [3.63, 3.8) is 0 Å². The molecule has 2 atom stereocenters. The molecule has 0 saturated carbocycles. The van der Waals surface area contributed by atoms with Gasteiger partial charge in [0.1, 0.15) is 11.3 Å². The van der Waals surface area contributed by atoms with Gasteiger partial charge in [0.05, 0.1) is 18.4 Å². The Morgan fingerprint density at radius 2 is 1.73 bits per heavy atom. The van der Waals surface area contributed by atoms with Crippen molar-refractivity contribution in [3.05, 3.63) is 107 Å². The maximum absolute atomic E-state index is 13.7. The molecule has 0 fully saturated rings. The second-order valence-electron chi connectivity index (χ2n) is 9.81. The fourth-order valence-corrected chi connectivity index (χ4v) is 5.30. The molecular weight excluding hydrogens is 464 g/mol. The number of ketones is 1. The van der Waals surface area contributed by atoms with Gasteiger partial charge in [-0.25, -0.2) is 4.79 Å². The number of fused-ring (bicyclic) bond motifs is 1. The van der Waals surface area contributed by atoms with Crippen LogP contribution in [0.15, 0.2) is 78.9 Å². The van der Waals surface area contributed by atoms with Gasteiger partial charge in [-0.15, -0.1) is 0 Å². The number of carboxylic acids is 1. The lowest BCUT2D eigenvalue weighted by atomic mass is 9.79. The van der Waals surface area contributed by atoms with Crippen LogP contribution >= 0.6 is 0 Å². The molecule has 4 aromatic rings. The predicted molar refractivity (Wildman–Crippen MR) is 145 cm³/mol. The molecule has 1 aromatic heterocycles. The average Bonchev–Trinajstić information content (AvgIpc) is 3.33. The van der Waals surface area contributed by atoms with Gasteiger partial charge in [-0.3, -0.25) is 4.79 Å². The first-order chi connectivity index (χ1) is 17.8. The number of aromatic nitrogens is 1. The number of Topliss-reactive ketones (excluding diaryl/α,β-unsaturated/α-hetero) is 1. The molecule has 4 N–H and O–H groups in total. The number of carbonyl (C=O) groups excluding carboxylic acids is 1. The number of allylic oxidation sites excluding steroid dienone is 2. The fourth-order valence-electron chi connectivity index (χ4n) is 5.30. The van der Waals surface area contributed by atoms with E-state index in [4.69, 9.17) is 10.5 Å². The lowest BCUT2D eigenvalue weighted by Gasteiger charge is -2.27. The van der Waals surface area contributed by atoms with Gasteiger partial charge in [0.2, 0.25) is 0 Å². The van der Waals surface area contributed by atoms with E-state index in [2.05, 4.69) is 35.3 Å². The normalized spacial score (nSPS) is 17.2. The second-order valence-corrected chi connectivity index (χ2v) is 9.81. The van der Waals surface area contributed by atoms with Crippen LogP contribution in [0.3, 0.4) is 0 Å². The minimum absolute atomic E-state index is 0.175. The SMILES string of the molecule is COc1ccc(C(=O)C(C)(N)c2[nH]c3cc(C(=O)O)ccc3c2C2=CCC(c3ccccc3)CC2)cc1. The van der Waals surface area contributed by atoms with Crippen LogP contribution in [0.5, 0.6) is 5.75 Å². The number of aromatic carboxylic acids is 1. The zero-order valence-electron chi connectivity index (χ0n) is 21.0. The first kappa shape index (κ1) is 24.5. The van der Waals surface area contributed by atoms with Gasteiger partial charge in [-0.1, -0.05) is 42.5 Å². The van der Waals surface area contributed by atoms with Crippen molar-refractivity contribution in [2.45, 2.75) is 37.6 Å².